The zero-order chi connectivity index (χ0) is 13.1. The Bertz CT molecular complexity index is 438. The summed E-state index contributed by atoms with van der Waals surface area (Å²) in [4.78, 5) is 13.6. The van der Waals surface area contributed by atoms with Crippen LogP contribution in [0.4, 0.5) is 0 Å². The van der Waals surface area contributed by atoms with Crippen molar-refractivity contribution in [3.63, 3.8) is 0 Å². The average molecular weight is 248 g/mol. The molecule has 0 radical (unpaired) electrons. The minimum absolute atomic E-state index is 0.0170. The number of carbonyl (C=O) groups is 1. The van der Waals surface area contributed by atoms with Crippen molar-refractivity contribution in [2.45, 2.75) is 39.3 Å². The quantitative estimate of drug-likeness (QED) is 0.763. The van der Waals surface area contributed by atoms with Gasteiger partial charge in [-0.25, -0.2) is 0 Å². The van der Waals surface area contributed by atoms with Gasteiger partial charge in [-0.15, -0.1) is 10.2 Å². The smallest absolute Gasteiger partial charge is 0.246 e. The molecule has 1 aliphatic rings. The summed E-state index contributed by atoms with van der Waals surface area (Å²) in [6.45, 7) is 9.54. The van der Waals surface area contributed by atoms with Crippen LogP contribution < -0.4 is 0 Å². The number of hydrogen-bond acceptors (Lipinski definition) is 3. The molecular formula is C13H20N4O. The molecule has 98 valence electrons. The molecule has 1 aromatic heterocycles. The number of aromatic nitrogens is 3. The molecule has 1 amide bonds. The van der Waals surface area contributed by atoms with Crippen molar-refractivity contribution < 1.29 is 4.79 Å². The third-order valence-corrected chi connectivity index (χ3v) is 3.22. The van der Waals surface area contributed by atoms with Crippen LogP contribution in [0.2, 0.25) is 0 Å². The topological polar surface area (TPSA) is 51.0 Å². The van der Waals surface area contributed by atoms with Crippen LogP contribution in [0, 0.1) is 5.92 Å². The molecule has 0 aromatic carbocycles. The Hall–Kier alpha value is -1.65. The lowest BCUT2D eigenvalue weighted by Crippen LogP contribution is -2.30. The first kappa shape index (κ1) is 12.8. The Morgan fingerprint density at radius 1 is 1.67 bits per heavy atom. The van der Waals surface area contributed by atoms with Gasteiger partial charge in [0.2, 0.25) is 5.91 Å². The van der Waals surface area contributed by atoms with Crippen LogP contribution in [-0.4, -0.2) is 32.1 Å². The predicted octanol–water partition coefficient (Wildman–Crippen LogP) is 1.78. The number of nitrogens with zero attached hydrogens (tertiary/aromatic N) is 4. The molecule has 0 saturated carbocycles. The molecule has 5 heteroatoms. The second kappa shape index (κ2) is 5.33. The van der Waals surface area contributed by atoms with Crippen LogP contribution in [-0.2, 0) is 11.3 Å². The Balaban J connectivity index is 2.22. The number of likely N-dealkylation sites (tertiary alicyclic amines) is 1. The first-order valence-corrected chi connectivity index (χ1v) is 6.44. The maximum Gasteiger partial charge on any atom is 0.246 e. The molecule has 2 heterocycles. The molecule has 1 fully saturated rings. The van der Waals surface area contributed by atoms with Gasteiger partial charge in [-0.2, -0.15) is 0 Å². The molecule has 1 saturated heterocycles. The third-order valence-electron chi connectivity index (χ3n) is 3.22. The average Bonchev–Trinajstić information content (AvgIpc) is 2.94. The van der Waals surface area contributed by atoms with Gasteiger partial charge in [-0.05, 0) is 24.8 Å². The molecule has 1 aliphatic heterocycles. The lowest BCUT2D eigenvalue weighted by Gasteiger charge is -2.23. The van der Waals surface area contributed by atoms with E-state index in [2.05, 4.69) is 35.2 Å². The fraction of sp³-hybridized carbons (Fsp3) is 0.615. The highest BCUT2D eigenvalue weighted by Crippen LogP contribution is 2.30. The Morgan fingerprint density at radius 3 is 3.11 bits per heavy atom. The van der Waals surface area contributed by atoms with Crippen molar-refractivity contribution in [1.82, 2.24) is 19.7 Å². The normalized spacial score (nSPS) is 19.5. The molecule has 2 rings (SSSR count). The van der Waals surface area contributed by atoms with E-state index < -0.39 is 0 Å². The largest absolute Gasteiger partial charge is 0.329 e. The lowest BCUT2D eigenvalue weighted by atomic mass is 10.2. The van der Waals surface area contributed by atoms with Gasteiger partial charge in [0.25, 0.3) is 0 Å². The van der Waals surface area contributed by atoms with Gasteiger partial charge < -0.3 is 9.47 Å². The molecule has 0 spiro atoms. The molecule has 0 N–H and O–H groups in total. The summed E-state index contributed by atoms with van der Waals surface area (Å²) >= 11 is 0. The number of amides is 1. The number of rotatable bonds is 4. The first-order valence-electron chi connectivity index (χ1n) is 6.44. The summed E-state index contributed by atoms with van der Waals surface area (Å²) in [5.41, 5.74) is 0. The van der Waals surface area contributed by atoms with Gasteiger partial charge in [0.05, 0.1) is 6.04 Å². The Morgan fingerprint density at radius 2 is 2.44 bits per heavy atom. The monoisotopic (exact) mass is 248 g/mol. The minimum Gasteiger partial charge on any atom is -0.329 e. The van der Waals surface area contributed by atoms with Crippen LogP contribution in [0.5, 0.6) is 0 Å². The SMILES string of the molecule is C=CC(=O)N1CCCC1c1nncn1CC(C)C. The third kappa shape index (κ3) is 2.44. The van der Waals surface area contributed by atoms with Gasteiger partial charge in [0.1, 0.15) is 6.33 Å². The zero-order valence-electron chi connectivity index (χ0n) is 11.0. The number of hydrogen-bond donors (Lipinski definition) is 0. The Labute approximate surface area is 107 Å². The van der Waals surface area contributed by atoms with E-state index in [9.17, 15) is 4.79 Å². The standard InChI is InChI=1S/C13H20N4O/c1-4-12(18)17-7-5-6-11(17)13-15-14-9-16(13)8-10(2)3/h4,9-11H,1,5-8H2,2-3H3. The van der Waals surface area contributed by atoms with E-state index in [0.29, 0.717) is 5.92 Å². The van der Waals surface area contributed by atoms with E-state index in [4.69, 9.17) is 0 Å². The molecule has 1 aromatic rings. The summed E-state index contributed by atoms with van der Waals surface area (Å²) < 4.78 is 2.06. The van der Waals surface area contributed by atoms with E-state index in [0.717, 1.165) is 31.8 Å². The van der Waals surface area contributed by atoms with Gasteiger partial charge >= 0.3 is 0 Å². The van der Waals surface area contributed by atoms with Gasteiger partial charge in [-0.3, -0.25) is 4.79 Å². The summed E-state index contributed by atoms with van der Waals surface area (Å²) in [7, 11) is 0. The maximum atomic E-state index is 11.8. The van der Waals surface area contributed by atoms with Gasteiger partial charge in [-0.1, -0.05) is 20.4 Å². The lowest BCUT2D eigenvalue weighted by molar-refractivity contribution is -0.127. The van der Waals surface area contributed by atoms with Crippen molar-refractivity contribution in [2.75, 3.05) is 6.54 Å². The first-order chi connectivity index (χ1) is 8.63. The second-order valence-electron chi connectivity index (χ2n) is 5.13. The van der Waals surface area contributed by atoms with E-state index in [1.807, 2.05) is 4.90 Å². The van der Waals surface area contributed by atoms with Crippen LogP contribution >= 0.6 is 0 Å². The van der Waals surface area contributed by atoms with Gasteiger partial charge in [0.15, 0.2) is 5.82 Å². The van der Waals surface area contributed by atoms with Crippen molar-refractivity contribution >= 4 is 5.91 Å². The fourth-order valence-corrected chi connectivity index (χ4v) is 2.47. The highest BCUT2D eigenvalue weighted by Gasteiger charge is 2.32. The van der Waals surface area contributed by atoms with Crippen molar-refractivity contribution in [2.24, 2.45) is 5.92 Å². The van der Waals surface area contributed by atoms with Crippen molar-refractivity contribution in [3.8, 4) is 0 Å². The van der Waals surface area contributed by atoms with Crippen LogP contribution in [0.3, 0.4) is 0 Å². The molecule has 18 heavy (non-hydrogen) atoms. The van der Waals surface area contributed by atoms with E-state index >= 15 is 0 Å². The zero-order valence-corrected chi connectivity index (χ0v) is 11.0. The predicted molar refractivity (Wildman–Crippen MR) is 68.7 cm³/mol. The van der Waals surface area contributed by atoms with E-state index in [1.54, 1.807) is 6.33 Å². The molecule has 5 nitrogen and oxygen atoms in total. The van der Waals surface area contributed by atoms with Crippen LogP contribution in [0.25, 0.3) is 0 Å². The van der Waals surface area contributed by atoms with Crippen LogP contribution in [0.1, 0.15) is 38.6 Å². The summed E-state index contributed by atoms with van der Waals surface area (Å²) in [5, 5.41) is 8.19. The Kier molecular flexibility index (Phi) is 3.79. The van der Waals surface area contributed by atoms with Gasteiger partial charge in [0, 0.05) is 13.1 Å². The minimum atomic E-state index is -0.0170. The molecule has 1 unspecified atom stereocenters. The molecule has 0 bridgehead atoms. The number of carbonyl (C=O) groups excluding carboxylic acids is 1. The highest BCUT2D eigenvalue weighted by molar-refractivity contribution is 5.87. The molecule has 0 aliphatic carbocycles. The van der Waals surface area contributed by atoms with Crippen molar-refractivity contribution in [3.05, 3.63) is 24.8 Å². The second-order valence-corrected chi connectivity index (χ2v) is 5.13. The van der Waals surface area contributed by atoms with Crippen LogP contribution in [0.15, 0.2) is 19.0 Å². The molecular weight excluding hydrogens is 228 g/mol. The summed E-state index contributed by atoms with van der Waals surface area (Å²) in [6.07, 6.45) is 5.10. The van der Waals surface area contributed by atoms with Crippen molar-refractivity contribution in [1.29, 1.82) is 0 Å². The molecule has 1 atom stereocenters. The highest BCUT2D eigenvalue weighted by atomic mass is 16.2. The van der Waals surface area contributed by atoms with E-state index in [1.165, 1.54) is 6.08 Å². The fourth-order valence-electron chi connectivity index (χ4n) is 2.47. The van der Waals surface area contributed by atoms with E-state index in [-0.39, 0.29) is 11.9 Å². The maximum absolute atomic E-state index is 11.8. The summed E-state index contributed by atoms with van der Waals surface area (Å²) in [5.74, 6) is 1.41. The summed E-state index contributed by atoms with van der Waals surface area (Å²) in [6, 6.07) is 0.0525.